The Kier molecular flexibility index (Phi) is 6.48. The summed E-state index contributed by atoms with van der Waals surface area (Å²) in [7, 11) is 1.10. The van der Waals surface area contributed by atoms with Crippen molar-refractivity contribution in [1.29, 1.82) is 0 Å². The Morgan fingerprint density at radius 2 is 1.67 bits per heavy atom. The Hall–Kier alpha value is -0.950. The number of methoxy groups -OCH3 is 1. The zero-order chi connectivity index (χ0) is 14.5. The summed E-state index contributed by atoms with van der Waals surface area (Å²) in [5.41, 5.74) is -0.195. The highest BCUT2D eigenvalue weighted by Gasteiger charge is 2.35. The quantitative estimate of drug-likeness (QED) is 0.493. The molecule has 0 aromatic rings. The van der Waals surface area contributed by atoms with E-state index in [1.807, 2.05) is 20.8 Å². The van der Waals surface area contributed by atoms with Crippen molar-refractivity contribution in [1.82, 2.24) is 0 Å². The Bertz CT molecular complexity index is 293. The molecule has 0 rings (SSSR count). The van der Waals surface area contributed by atoms with Crippen LogP contribution in [-0.2, 0) is 9.53 Å². The number of aliphatic carboxylic acids is 1. The van der Waals surface area contributed by atoms with E-state index < -0.39 is 30.4 Å². The SMILES string of the molecule is CO[C@@H](C(=O)O)[C@H](O)[C@@H](O)[C@H](O)/C=C/C(C)(C)C. The molecule has 0 aliphatic carbocycles. The van der Waals surface area contributed by atoms with Crippen molar-refractivity contribution in [2.24, 2.45) is 5.41 Å². The molecule has 0 bridgehead atoms. The first-order chi connectivity index (χ1) is 8.10. The second-order valence-electron chi connectivity index (χ2n) is 5.19. The van der Waals surface area contributed by atoms with Crippen LogP contribution >= 0.6 is 0 Å². The van der Waals surface area contributed by atoms with Gasteiger partial charge < -0.3 is 25.2 Å². The summed E-state index contributed by atoms with van der Waals surface area (Å²) in [4.78, 5) is 10.7. The number of aliphatic hydroxyl groups excluding tert-OH is 3. The average Bonchev–Trinajstić information content (AvgIpc) is 2.24. The van der Waals surface area contributed by atoms with E-state index >= 15 is 0 Å². The van der Waals surface area contributed by atoms with Gasteiger partial charge in [0.1, 0.15) is 18.3 Å². The van der Waals surface area contributed by atoms with E-state index in [2.05, 4.69) is 4.74 Å². The van der Waals surface area contributed by atoms with Crippen LogP contribution in [0.1, 0.15) is 20.8 Å². The fraction of sp³-hybridized carbons (Fsp3) is 0.750. The molecule has 0 aliphatic rings. The van der Waals surface area contributed by atoms with Gasteiger partial charge in [0.15, 0.2) is 6.10 Å². The van der Waals surface area contributed by atoms with E-state index in [1.165, 1.54) is 6.08 Å². The molecule has 0 unspecified atom stereocenters. The molecule has 0 aromatic carbocycles. The molecular weight excluding hydrogens is 240 g/mol. The smallest absolute Gasteiger partial charge is 0.335 e. The molecule has 4 atom stereocenters. The van der Waals surface area contributed by atoms with Gasteiger partial charge in [0.25, 0.3) is 0 Å². The second-order valence-corrected chi connectivity index (χ2v) is 5.19. The Labute approximate surface area is 107 Å². The normalized spacial score (nSPS) is 19.5. The van der Waals surface area contributed by atoms with Gasteiger partial charge in [-0.2, -0.15) is 0 Å². The van der Waals surface area contributed by atoms with Crippen LogP contribution in [0.4, 0.5) is 0 Å². The lowest BCUT2D eigenvalue weighted by atomic mass is 9.94. The van der Waals surface area contributed by atoms with E-state index in [0.29, 0.717) is 0 Å². The van der Waals surface area contributed by atoms with E-state index in [1.54, 1.807) is 6.08 Å². The molecule has 18 heavy (non-hydrogen) atoms. The fourth-order valence-electron chi connectivity index (χ4n) is 1.27. The van der Waals surface area contributed by atoms with Crippen molar-refractivity contribution < 1.29 is 30.0 Å². The van der Waals surface area contributed by atoms with Crippen molar-refractivity contribution in [3.05, 3.63) is 12.2 Å². The first-order valence-electron chi connectivity index (χ1n) is 5.59. The minimum atomic E-state index is -1.72. The van der Waals surface area contributed by atoms with Crippen LogP contribution in [0.15, 0.2) is 12.2 Å². The van der Waals surface area contributed by atoms with E-state index in [0.717, 1.165) is 7.11 Å². The molecule has 0 radical (unpaired) electrons. The average molecular weight is 262 g/mol. The highest BCUT2D eigenvalue weighted by molar-refractivity contribution is 5.73. The maximum Gasteiger partial charge on any atom is 0.335 e. The number of ether oxygens (including phenoxy) is 1. The van der Waals surface area contributed by atoms with Gasteiger partial charge in [0.05, 0.1) is 0 Å². The molecule has 6 nitrogen and oxygen atoms in total. The molecule has 0 amide bonds. The van der Waals surface area contributed by atoms with Crippen LogP contribution in [0.2, 0.25) is 0 Å². The zero-order valence-corrected chi connectivity index (χ0v) is 11.1. The summed E-state index contributed by atoms with van der Waals surface area (Å²) in [5.74, 6) is -1.41. The number of aliphatic hydroxyl groups is 3. The predicted octanol–water partition coefficient (Wildman–Crippen LogP) is -0.229. The molecule has 106 valence electrons. The van der Waals surface area contributed by atoms with E-state index in [9.17, 15) is 20.1 Å². The third kappa shape index (κ3) is 5.59. The third-order valence-electron chi connectivity index (χ3n) is 2.30. The molecule has 0 aliphatic heterocycles. The van der Waals surface area contributed by atoms with Crippen LogP contribution in [-0.4, -0.2) is 57.9 Å². The summed E-state index contributed by atoms with van der Waals surface area (Å²) < 4.78 is 4.55. The van der Waals surface area contributed by atoms with Crippen LogP contribution in [0, 0.1) is 5.41 Å². The van der Waals surface area contributed by atoms with Gasteiger partial charge in [-0.3, -0.25) is 0 Å². The minimum absolute atomic E-state index is 0.195. The van der Waals surface area contributed by atoms with E-state index in [-0.39, 0.29) is 5.41 Å². The maximum atomic E-state index is 10.7. The first-order valence-corrected chi connectivity index (χ1v) is 5.59. The standard InChI is InChI=1S/C12H22O6/c1-12(2,3)6-5-7(13)8(14)9(15)10(18-4)11(16)17/h5-10,13-15H,1-4H3,(H,16,17)/b6-5+/t7-,8+,9-,10-/m1/s1. The minimum Gasteiger partial charge on any atom is -0.479 e. The van der Waals surface area contributed by atoms with Gasteiger partial charge in [-0.25, -0.2) is 4.79 Å². The fourth-order valence-corrected chi connectivity index (χ4v) is 1.27. The van der Waals surface area contributed by atoms with Crippen molar-refractivity contribution in [3.63, 3.8) is 0 Å². The molecule has 0 fully saturated rings. The summed E-state index contributed by atoms with van der Waals surface area (Å²) in [6.45, 7) is 5.69. The molecule has 0 heterocycles. The molecular formula is C12H22O6. The number of carboxylic acid groups (broad SMARTS) is 1. The number of allylic oxidation sites excluding steroid dienone is 1. The molecule has 4 N–H and O–H groups in total. The van der Waals surface area contributed by atoms with Gasteiger partial charge >= 0.3 is 5.97 Å². The van der Waals surface area contributed by atoms with Crippen LogP contribution in [0.5, 0.6) is 0 Å². The molecule has 0 saturated carbocycles. The molecule has 6 heteroatoms. The Morgan fingerprint density at radius 1 is 1.17 bits per heavy atom. The monoisotopic (exact) mass is 262 g/mol. The van der Waals surface area contributed by atoms with Gasteiger partial charge in [0.2, 0.25) is 0 Å². The first kappa shape index (κ1) is 17.1. The maximum absolute atomic E-state index is 10.7. The van der Waals surface area contributed by atoms with E-state index in [4.69, 9.17) is 5.11 Å². The topological polar surface area (TPSA) is 107 Å². The predicted molar refractivity (Wildman–Crippen MR) is 65.0 cm³/mol. The third-order valence-corrected chi connectivity index (χ3v) is 2.30. The lowest BCUT2D eigenvalue weighted by molar-refractivity contribution is -0.165. The van der Waals surface area contributed by atoms with Gasteiger partial charge in [-0.05, 0) is 5.41 Å². The number of hydrogen-bond donors (Lipinski definition) is 4. The van der Waals surface area contributed by atoms with Gasteiger partial charge in [-0.15, -0.1) is 0 Å². The Morgan fingerprint density at radius 3 is 2.00 bits per heavy atom. The summed E-state index contributed by atoms with van der Waals surface area (Å²) in [5, 5.41) is 37.6. The van der Waals surface area contributed by atoms with Gasteiger partial charge in [-0.1, -0.05) is 32.9 Å². The number of rotatable bonds is 6. The summed E-state index contributed by atoms with van der Waals surface area (Å²) >= 11 is 0. The lowest BCUT2D eigenvalue weighted by Crippen LogP contribution is -2.48. The highest BCUT2D eigenvalue weighted by Crippen LogP contribution is 2.16. The van der Waals surface area contributed by atoms with Crippen LogP contribution in [0.25, 0.3) is 0 Å². The second kappa shape index (κ2) is 6.84. The molecule has 0 aromatic heterocycles. The number of carboxylic acids is 1. The Balaban J connectivity index is 4.68. The van der Waals surface area contributed by atoms with Crippen molar-refractivity contribution in [2.75, 3.05) is 7.11 Å². The van der Waals surface area contributed by atoms with Crippen LogP contribution < -0.4 is 0 Å². The molecule has 0 spiro atoms. The number of carbonyl (C=O) groups is 1. The number of hydrogen-bond acceptors (Lipinski definition) is 5. The van der Waals surface area contributed by atoms with Crippen molar-refractivity contribution >= 4 is 5.97 Å². The summed E-state index contributed by atoms with van der Waals surface area (Å²) in [6.07, 6.45) is -3.32. The summed E-state index contributed by atoms with van der Waals surface area (Å²) in [6, 6.07) is 0. The molecule has 0 saturated heterocycles. The van der Waals surface area contributed by atoms with Gasteiger partial charge in [0, 0.05) is 7.11 Å². The lowest BCUT2D eigenvalue weighted by Gasteiger charge is -2.25. The highest BCUT2D eigenvalue weighted by atomic mass is 16.5. The van der Waals surface area contributed by atoms with Crippen molar-refractivity contribution in [3.8, 4) is 0 Å². The zero-order valence-electron chi connectivity index (χ0n) is 11.1. The van der Waals surface area contributed by atoms with Crippen LogP contribution in [0.3, 0.4) is 0 Å². The largest absolute Gasteiger partial charge is 0.479 e. The van der Waals surface area contributed by atoms with Crippen molar-refractivity contribution in [2.45, 2.75) is 45.2 Å².